The molecule has 1 aromatic carbocycles. The highest BCUT2D eigenvalue weighted by Gasteiger charge is 2.29. The molecule has 1 heterocycles. The lowest BCUT2D eigenvalue weighted by molar-refractivity contribution is 0.0322. The number of benzene rings is 1. The lowest BCUT2D eigenvalue weighted by Crippen LogP contribution is -2.41. The first-order valence-corrected chi connectivity index (χ1v) is 6.93. The van der Waals surface area contributed by atoms with Gasteiger partial charge in [-0.25, -0.2) is 8.78 Å². The molecule has 0 aliphatic carbocycles. The largest absolute Gasteiger partial charge is 0.374 e. The van der Waals surface area contributed by atoms with E-state index in [1.165, 1.54) is 12.1 Å². The second kappa shape index (κ2) is 6.44. The third kappa shape index (κ3) is 3.74. The fraction of sp³-hybridized carbons (Fsp3) is 0.600. The van der Waals surface area contributed by atoms with E-state index in [4.69, 9.17) is 4.74 Å². The van der Waals surface area contributed by atoms with Crippen LogP contribution in [-0.2, 0) is 11.2 Å². The zero-order valence-electron chi connectivity index (χ0n) is 11.5. The molecule has 4 heteroatoms. The Morgan fingerprint density at radius 2 is 2.16 bits per heavy atom. The van der Waals surface area contributed by atoms with Crippen LogP contribution in [0.15, 0.2) is 18.2 Å². The van der Waals surface area contributed by atoms with Gasteiger partial charge in [0.1, 0.15) is 11.6 Å². The van der Waals surface area contributed by atoms with Crippen molar-refractivity contribution in [2.75, 3.05) is 6.54 Å². The molecule has 106 valence electrons. The number of likely N-dealkylation sites (N-methyl/N-ethyl adjacent to an activating group) is 1. The summed E-state index contributed by atoms with van der Waals surface area (Å²) in [6, 6.07) is 3.64. The van der Waals surface area contributed by atoms with Gasteiger partial charge >= 0.3 is 0 Å². The molecule has 1 saturated heterocycles. The molecule has 0 saturated carbocycles. The van der Waals surface area contributed by atoms with Gasteiger partial charge in [-0.3, -0.25) is 0 Å². The van der Waals surface area contributed by atoms with Gasteiger partial charge < -0.3 is 10.1 Å². The van der Waals surface area contributed by atoms with Crippen molar-refractivity contribution in [1.29, 1.82) is 0 Å². The maximum atomic E-state index is 13.7. The monoisotopic (exact) mass is 269 g/mol. The third-order valence-electron chi connectivity index (χ3n) is 3.63. The first-order chi connectivity index (χ1) is 9.10. The SMILES string of the molecule is CCNC(Cc1cc(F)ccc1F)C1CCC(C)O1. The predicted molar refractivity (Wildman–Crippen MR) is 71.1 cm³/mol. The van der Waals surface area contributed by atoms with Gasteiger partial charge in [0.15, 0.2) is 0 Å². The highest BCUT2D eigenvalue weighted by molar-refractivity contribution is 5.20. The zero-order valence-corrected chi connectivity index (χ0v) is 11.5. The van der Waals surface area contributed by atoms with Crippen molar-refractivity contribution in [3.05, 3.63) is 35.4 Å². The summed E-state index contributed by atoms with van der Waals surface area (Å²) >= 11 is 0. The highest BCUT2D eigenvalue weighted by Crippen LogP contribution is 2.24. The van der Waals surface area contributed by atoms with Crippen LogP contribution in [0.2, 0.25) is 0 Å². The van der Waals surface area contributed by atoms with Gasteiger partial charge in [-0.2, -0.15) is 0 Å². The number of rotatable bonds is 5. The third-order valence-corrected chi connectivity index (χ3v) is 3.63. The molecule has 1 fully saturated rings. The Balaban J connectivity index is 2.09. The van der Waals surface area contributed by atoms with E-state index in [0.29, 0.717) is 12.0 Å². The first-order valence-electron chi connectivity index (χ1n) is 6.93. The molecule has 0 bridgehead atoms. The van der Waals surface area contributed by atoms with Crippen LogP contribution in [0.4, 0.5) is 8.78 Å². The normalized spacial score (nSPS) is 24.6. The van der Waals surface area contributed by atoms with Crippen molar-refractivity contribution >= 4 is 0 Å². The fourth-order valence-corrected chi connectivity index (χ4v) is 2.66. The second-order valence-electron chi connectivity index (χ2n) is 5.17. The minimum atomic E-state index is -0.396. The first kappa shape index (κ1) is 14.4. The molecule has 3 atom stereocenters. The lowest BCUT2D eigenvalue weighted by atomic mass is 9.98. The summed E-state index contributed by atoms with van der Waals surface area (Å²) in [5.74, 6) is -0.747. The van der Waals surface area contributed by atoms with Gasteiger partial charge in [0.05, 0.1) is 12.2 Å². The molecule has 1 aromatic rings. The molecule has 3 unspecified atom stereocenters. The van der Waals surface area contributed by atoms with E-state index < -0.39 is 5.82 Å². The van der Waals surface area contributed by atoms with Crippen LogP contribution >= 0.6 is 0 Å². The number of hydrogen-bond acceptors (Lipinski definition) is 2. The molecule has 19 heavy (non-hydrogen) atoms. The molecule has 2 rings (SSSR count). The van der Waals surface area contributed by atoms with Gasteiger partial charge in [0, 0.05) is 6.04 Å². The Labute approximate surface area is 113 Å². The zero-order chi connectivity index (χ0) is 13.8. The molecule has 0 amide bonds. The van der Waals surface area contributed by atoms with Crippen molar-refractivity contribution in [3.8, 4) is 0 Å². The number of ether oxygens (including phenoxy) is 1. The highest BCUT2D eigenvalue weighted by atomic mass is 19.1. The summed E-state index contributed by atoms with van der Waals surface area (Å²) in [7, 11) is 0. The molecular formula is C15H21F2NO. The number of nitrogens with one attached hydrogen (secondary N) is 1. The van der Waals surface area contributed by atoms with Crippen LogP contribution in [0.1, 0.15) is 32.3 Å². The van der Waals surface area contributed by atoms with Crippen LogP contribution in [0.3, 0.4) is 0 Å². The van der Waals surface area contributed by atoms with E-state index >= 15 is 0 Å². The summed E-state index contributed by atoms with van der Waals surface area (Å²) in [6.07, 6.45) is 2.78. The van der Waals surface area contributed by atoms with E-state index in [2.05, 4.69) is 5.32 Å². The fourth-order valence-electron chi connectivity index (χ4n) is 2.66. The summed E-state index contributed by atoms with van der Waals surface area (Å²) in [4.78, 5) is 0. The summed E-state index contributed by atoms with van der Waals surface area (Å²) in [5, 5.41) is 3.33. The standard InChI is InChI=1S/C15H21F2NO/c1-3-18-14(15-7-4-10(2)19-15)9-11-8-12(16)5-6-13(11)17/h5-6,8,10,14-15,18H,3-4,7,9H2,1-2H3. The smallest absolute Gasteiger partial charge is 0.126 e. The predicted octanol–water partition coefficient (Wildman–Crippen LogP) is 3.05. The van der Waals surface area contributed by atoms with E-state index in [1.807, 2.05) is 13.8 Å². The summed E-state index contributed by atoms with van der Waals surface area (Å²) in [6.45, 7) is 4.84. The molecule has 0 aromatic heterocycles. The Morgan fingerprint density at radius 1 is 1.37 bits per heavy atom. The Kier molecular flexibility index (Phi) is 4.88. The lowest BCUT2D eigenvalue weighted by Gasteiger charge is -2.24. The van der Waals surface area contributed by atoms with Crippen LogP contribution in [0.25, 0.3) is 0 Å². The number of hydrogen-bond donors (Lipinski definition) is 1. The van der Waals surface area contributed by atoms with Crippen molar-refractivity contribution in [2.45, 2.75) is 51.4 Å². The van der Waals surface area contributed by atoms with E-state index in [0.717, 1.165) is 25.5 Å². The van der Waals surface area contributed by atoms with Gasteiger partial charge in [0.2, 0.25) is 0 Å². The van der Waals surface area contributed by atoms with Crippen molar-refractivity contribution in [2.24, 2.45) is 0 Å². The van der Waals surface area contributed by atoms with Crippen LogP contribution in [0, 0.1) is 11.6 Å². The van der Waals surface area contributed by atoms with Crippen LogP contribution < -0.4 is 5.32 Å². The van der Waals surface area contributed by atoms with Gasteiger partial charge in [-0.05, 0) is 56.5 Å². The quantitative estimate of drug-likeness (QED) is 0.887. The Morgan fingerprint density at radius 3 is 2.79 bits per heavy atom. The van der Waals surface area contributed by atoms with E-state index in [-0.39, 0.29) is 24.1 Å². The van der Waals surface area contributed by atoms with Crippen molar-refractivity contribution < 1.29 is 13.5 Å². The van der Waals surface area contributed by atoms with E-state index in [9.17, 15) is 8.78 Å². The topological polar surface area (TPSA) is 21.3 Å². The molecule has 0 spiro atoms. The average molecular weight is 269 g/mol. The van der Waals surface area contributed by atoms with Crippen LogP contribution in [-0.4, -0.2) is 24.8 Å². The Hall–Kier alpha value is -1.00. The average Bonchev–Trinajstić information content (AvgIpc) is 2.80. The molecule has 2 nitrogen and oxygen atoms in total. The Bertz CT molecular complexity index is 425. The molecule has 1 aliphatic rings. The van der Waals surface area contributed by atoms with Gasteiger partial charge in [-0.1, -0.05) is 6.92 Å². The van der Waals surface area contributed by atoms with Gasteiger partial charge in [-0.15, -0.1) is 0 Å². The minimum absolute atomic E-state index is 0.0336. The molecule has 1 aliphatic heterocycles. The van der Waals surface area contributed by atoms with Crippen LogP contribution in [0.5, 0.6) is 0 Å². The molecule has 1 N–H and O–H groups in total. The van der Waals surface area contributed by atoms with Crippen molar-refractivity contribution in [3.63, 3.8) is 0 Å². The van der Waals surface area contributed by atoms with Gasteiger partial charge in [0.25, 0.3) is 0 Å². The van der Waals surface area contributed by atoms with E-state index in [1.54, 1.807) is 0 Å². The van der Waals surface area contributed by atoms with Crippen molar-refractivity contribution in [1.82, 2.24) is 5.32 Å². The molecular weight excluding hydrogens is 248 g/mol. The second-order valence-corrected chi connectivity index (χ2v) is 5.17. The number of halogens is 2. The maximum absolute atomic E-state index is 13.7. The molecule has 0 radical (unpaired) electrons. The minimum Gasteiger partial charge on any atom is -0.374 e. The maximum Gasteiger partial charge on any atom is 0.126 e. The summed E-state index contributed by atoms with van der Waals surface area (Å²) < 4.78 is 32.7. The summed E-state index contributed by atoms with van der Waals surface area (Å²) in [5.41, 5.74) is 0.411.